The molecule has 0 atom stereocenters. The van der Waals surface area contributed by atoms with Crippen molar-refractivity contribution < 1.29 is 14.3 Å². The van der Waals surface area contributed by atoms with E-state index < -0.39 is 0 Å². The summed E-state index contributed by atoms with van der Waals surface area (Å²) < 4.78 is 11.2. The monoisotopic (exact) mass is 571 g/mol. The highest BCUT2D eigenvalue weighted by molar-refractivity contribution is 6.11. The van der Waals surface area contributed by atoms with Gasteiger partial charge in [0.2, 0.25) is 0 Å². The first-order valence-electron chi connectivity index (χ1n) is 15.1. The second-order valence-corrected chi connectivity index (χ2v) is 10.7. The van der Waals surface area contributed by atoms with Gasteiger partial charge < -0.3 is 19.4 Å². The first kappa shape index (κ1) is 33.5. The van der Waals surface area contributed by atoms with Gasteiger partial charge in [0.05, 0.1) is 30.7 Å². The third kappa shape index (κ3) is 10.3. The zero-order valence-corrected chi connectivity index (χ0v) is 25.9. The SMILES string of the molecule is CCCCCCCCCCCCCCCCOC(=O)c1c(C)[nH]c(/C=C2\N=C(c3ccc[nH]3)C=C2OC)c1C.Cl. The molecule has 222 valence electrons. The van der Waals surface area contributed by atoms with Crippen LogP contribution in [0.5, 0.6) is 0 Å². The normalized spacial score (nSPS) is 13.8. The number of aryl methyl sites for hydroxylation is 1. The Morgan fingerprint density at radius 2 is 1.52 bits per heavy atom. The predicted molar refractivity (Wildman–Crippen MR) is 169 cm³/mol. The van der Waals surface area contributed by atoms with Gasteiger partial charge in [-0.1, -0.05) is 90.4 Å². The van der Waals surface area contributed by atoms with Crippen LogP contribution in [0.15, 0.2) is 40.9 Å². The molecule has 0 fully saturated rings. The summed E-state index contributed by atoms with van der Waals surface area (Å²) in [6.07, 6.45) is 24.1. The molecular formula is C33H50ClN3O3. The molecule has 0 saturated heterocycles. The maximum absolute atomic E-state index is 12.9. The number of rotatable bonds is 19. The Morgan fingerprint density at radius 1 is 0.925 bits per heavy atom. The topological polar surface area (TPSA) is 79.5 Å². The van der Waals surface area contributed by atoms with Crippen molar-refractivity contribution in [3.05, 3.63) is 64.1 Å². The fraction of sp³-hybridized carbons (Fsp3) is 0.576. The van der Waals surface area contributed by atoms with Gasteiger partial charge in [-0.15, -0.1) is 12.4 Å². The van der Waals surface area contributed by atoms with Gasteiger partial charge in [0.1, 0.15) is 11.5 Å². The van der Waals surface area contributed by atoms with E-state index in [0.29, 0.717) is 23.6 Å². The fourth-order valence-corrected chi connectivity index (χ4v) is 5.20. The van der Waals surface area contributed by atoms with E-state index in [-0.39, 0.29) is 18.4 Å². The quantitative estimate of drug-likeness (QED) is 0.130. The summed E-state index contributed by atoms with van der Waals surface area (Å²) in [4.78, 5) is 24.1. The Bertz CT molecular complexity index is 1110. The number of hydrogen-bond acceptors (Lipinski definition) is 4. The average molecular weight is 572 g/mol. The number of aliphatic imine (C=N–C) groups is 1. The minimum atomic E-state index is -0.259. The van der Waals surface area contributed by atoms with Crippen LogP contribution < -0.4 is 0 Å². The highest BCUT2D eigenvalue weighted by Gasteiger charge is 2.21. The molecule has 2 aromatic rings. The molecule has 1 aliphatic rings. The molecule has 0 aromatic carbocycles. The molecule has 0 unspecified atom stereocenters. The Morgan fingerprint density at radius 3 is 2.08 bits per heavy atom. The van der Waals surface area contributed by atoms with E-state index in [1.807, 2.05) is 44.3 Å². The number of hydrogen-bond donors (Lipinski definition) is 2. The van der Waals surface area contributed by atoms with Crippen LogP contribution in [0.2, 0.25) is 0 Å². The second kappa shape index (κ2) is 18.6. The molecule has 6 nitrogen and oxygen atoms in total. The van der Waals surface area contributed by atoms with Crippen molar-refractivity contribution in [2.45, 2.75) is 111 Å². The number of nitrogens with one attached hydrogen (secondary N) is 2. The maximum atomic E-state index is 12.9. The summed E-state index contributed by atoms with van der Waals surface area (Å²) >= 11 is 0. The van der Waals surface area contributed by atoms with Crippen molar-refractivity contribution in [1.82, 2.24) is 9.97 Å². The smallest absolute Gasteiger partial charge is 0.340 e. The number of unbranched alkanes of at least 4 members (excludes halogenated alkanes) is 13. The molecule has 0 spiro atoms. The summed E-state index contributed by atoms with van der Waals surface area (Å²) in [7, 11) is 1.64. The third-order valence-corrected chi connectivity index (χ3v) is 7.55. The Balaban J connectivity index is 0.00000560. The molecule has 3 rings (SSSR count). The number of carbonyl (C=O) groups is 1. The molecule has 0 amide bonds. The van der Waals surface area contributed by atoms with Crippen molar-refractivity contribution in [1.29, 1.82) is 0 Å². The summed E-state index contributed by atoms with van der Waals surface area (Å²) in [5.74, 6) is 0.429. The molecular weight excluding hydrogens is 522 g/mol. The number of halogens is 1. The molecule has 1 aliphatic heterocycles. The van der Waals surface area contributed by atoms with Crippen LogP contribution in [0, 0.1) is 13.8 Å². The second-order valence-electron chi connectivity index (χ2n) is 10.7. The zero-order chi connectivity index (χ0) is 27.9. The van der Waals surface area contributed by atoms with E-state index in [0.717, 1.165) is 41.2 Å². The average Bonchev–Trinajstić information content (AvgIpc) is 3.66. The molecule has 2 aromatic heterocycles. The van der Waals surface area contributed by atoms with Crippen LogP contribution >= 0.6 is 12.4 Å². The largest absolute Gasteiger partial charge is 0.494 e. The number of aromatic amines is 2. The lowest BCUT2D eigenvalue weighted by Crippen LogP contribution is -2.08. The number of carbonyl (C=O) groups excluding carboxylic acids is 1. The maximum Gasteiger partial charge on any atom is 0.340 e. The first-order valence-corrected chi connectivity index (χ1v) is 15.1. The lowest BCUT2D eigenvalue weighted by atomic mass is 10.0. The van der Waals surface area contributed by atoms with Crippen molar-refractivity contribution >= 4 is 30.2 Å². The van der Waals surface area contributed by atoms with E-state index in [9.17, 15) is 4.79 Å². The molecule has 0 bridgehead atoms. The lowest BCUT2D eigenvalue weighted by Gasteiger charge is -2.06. The van der Waals surface area contributed by atoms with E-state index in [2.05, 4.69) is 16.9 Å². The van der Waals surface area contributed by atoms with Gasteiger partial charge in [0.15, 0.2) is 0 Å². The molecule has 0 radical (unpaired) electrons. The third-order valence-electron chi connectivity index (χ3n) is 7.55. The lowest BCUT2D eigenvalue weighted by molar-refractivity contribution is 0.0496. The molecule has 2 N–H and O–H groups in total. The Hall–Kier alpha value is -2.73. The van der Waals surface area contributed by atoms with E-state index >= 15 is 0 Å². The number of H-pyrrole nitrogens is 2. The highest BCUT2D eigenvalue weighted by Crippen LogP contribution is 2.27. The number of aromatic nitrogens is 2. The van der Waals surface area contributed by atoms with Crippen molar-refractivity contribution in [3.8, 4) is 0 Å². The van der Waals surface area contributed by atoms with E-state index in [1.165, 1.54) is 77.0 Å². The fourth-order valence-electron chi connectivity index (χ4n) is 5.20. The van der Waals surface area contributed by atoms with E-state index in [1.54, 1.807) is 7.11 Å². The molecule has 0 saturated carbocycles. The van der Waals surface area contributed by atoms with Crippen molar-refractivity contribution in [2.24, 2.45) is 4.99 Å². The summed E-state index contributed by atoms with van der Waals surface area (Å²) in [6.45, 7) is 6.60. The van der Waals surface area contributed by atoms with Gasteiger partial charge in [-0.05, 0) is 44.0 Å². The van der Waals surface area contributed by atoms with Gasteiger partial charge in [-0.2, -0.15) is 0 Å². The van der Waals surface area contributed by atoms with Crippen molar-refractivity contribution in [3.63, 3.8) is 0 Å². The number of methoxy groups -OCH3 is 1. The van der Waals surface area contributed by atoms with Crippen LogP contribution in [0.3, 0.4) is 0 Å². The minimum absolute atomic E-state index is 0. The van der Waals surface area contributed by atoms with Crippen LogP contribution in [-0.4, -0.2) is 35.4 Å². The summed E-state index contributed by atoms with van der Waals surface area (Å²) in [5.41, 5.74) is 5.59. The van der Waals surface area contributed by atoms with Gasteiger partial charge in [0, 0.05) is 23.7 Å². The number of nitrogens with zero attached hydrogens (tertiary/aromatic N) is 1. The number of ether oxygens (including phenoxy) is 2. The predicted octanol–water partition coefficient (Wildman–Crippen LogP) is 9.39. The van der Waals surface area contributed by atoms with Gasteiger partial charge in [-0.25, -0.2) is 9.79 Å². The number of allylic oxidation sites excluding steroid dienone is 1. The molecule has 40 heavy (non-hydrogen) atoms. The first-order chi connectivity index (χ1) is 19.0. The van der Waals surface area contributed by atoms with Crippen LogP contribution in [0.25, 0.3) is 6.08 Å². The van der Waals surface area contributed by atoms with Crippen LogP contribution in [-0.2, 0) is 9.47 Å². The van der Waals surface area contributed by atoms with Crippen LogP contribution in [0.1, 0.15) is 130 Å². The zero-order valence-electron chi connectivity index (χ0n) is 25.1. The molecule has 3 heterocycles. The van der Waals surface area contributed by atoms with Gasteiger partial charge >= 0.3 is 5.97 Å². The standard InChI is InChI=1S/C33H49N3O3.ClH/c1-5-6-7-8-9-10-11-12-13-14-15-16-17-18-22-39-33(37)32-25(2)28(35-26(32)3)23-30-31(38-4)24-29(36-30)27-20-19-21-34-27;/h19-21,23-24,34-35H,5-18,22H2,1-4H3;1H/b30-23-;. The summed E-state index contributed by atoms with van der Waals surface area (Å²) in [6, 6.07) is 3.91. The van der Waals surface area contributed by atoms with Crippen LogP contribution in [0.4, 0.5) is 0 Å². The molecule has 7 heteroatoms. The van der Waals surface area contributed by atoms with E-state index in [4.69, 9.17) is 14.5 Å². The molecule has 0 aliphatic carbocycles. The highest BCUT2D eigenvalue weighted by atomic mass is 35.5. The van der Waals surface area contributed by atoms with Crippen molar-refractivity contribution in [2.75, 3.05) is 13.7 Å². The minimum Gasteiger partial charge on any atom is -0.494 e. The van der Waals surface area contributed by atoms with Gasteiger partial charge in [-0.3, -0.25) is 0 Å². The Labute approximate surface area is 247 Å². The van der Waals surface area contributed by atoms with Gasteiger partial charge in [0.25, 0.3) is 0 Å². The summed E-state index contributed by atoms with van der Waals surface area (Å²) in [5, 5.41) is 0. The Kier molecular flexibility index (Phi) is 15.6. The number of esters is 1.